The minimum Gasteiger partial charge on any atom is -0.481 e. The van der Waals surface area contributed by atoms with Gasteiger partial charge in [0.25, 0.3) is 0 Å². The standard InChI is InChI=1S/C15H15Cl2NO3/c16-12-5-3-10(13(17)8-12)4-6-14(19)18-7-1-2-11(9-18)15(20)21/h3-6,8,11H,1-2,7,9H2,(H,20,21)/b6-4+. The van der Waals surface area contributed by atoms with Crippen molar-refractivity contribution in [1.29, 1.82) is 0 Å². The zero-order valence-corrected chi connectivity index (χ0v) is 12.8. The van der Waals surface area contributed by atoms with E-state index in [1.807, 2.05) is 0 Å². The number of carbonyl (C=O) groups excluding carboxylic acids is 1. The number of nitrogens with zero attached hydrogens (tertiary/aromatic N) is 1. The molecule has 6 heteroatoms. The van der Waals surface area contributed by atoms with Gasteiger partial charge in [0, 0.05) is 29.2 Å². The molecule has 1 heterocycles. The van der Waals surface area contributed by atoms with Crippen LogP contribution in [0.2, 0.25) is 10.0 Å². The lowest BCUT2D eigenvalue weighted by Crippen LogP contribution is -2.41. The molecule has 1 fully saturated rings. The van der Waals surface area contributed by atoms with Crippen molar-refractivity contribution in [3.63, 3.8) is 0 Å². The first-order valence-electron chi connectivity index (χ1n) is 6.62. The lowest BCUT2D eigenvalue weighted by atomic mass is 9.98. The van der Waals surface area contributed by atoms with Crippen molar-refractivity contribution in [2.75, 3.05) is 13.1 Å². The maximum Gasteiger partial charge on any atom is 0.308 e. The van der Waals surface area contributed by atoms with Gasteiger partial charge < -0.3 is 10.0 Å². The molecular formula is C15H15Cl2NO3. The van der Waals surface area contributed by atoms with Crippen molar-refractivity contribution in [2.24, 2.45) is 5.92 Å². The molecule has 2 rings (SSSR count). The minimum atomic E-state index is -0.850. The zero-order valence-electron chi connectivity index (χ0n) is 11.3. The van der Waals surface area contributed by atoms with E-state index in [0.717, 1.165) is 0 Å². The molecule has 1 amide bonds. The van der Waals surface area contributed by atoms with Gasteiger partial charge >= 0.3 is 5.97 Å². The number of amides is 1. The minimum absolute atomic E-state index is 0.202. The van der Waals surface area contributed by atoms with Crippen molar-refractivity contribution in [3.8, 4) is 0 Å². The van der Waals surface area contributed by atoms with Gasteiger partial charge in [0.2, 0.25) is 5.91 Å². The Bertz CT molecular complexity index is 586. The maximum absolute atomic E-state index is 12.1. The quantitative estimate of drug-likeness (QED) is 0.866. The van der Waals surface area contributed by atoms with Crippen molar-refractivity contribution < 1.29 is 14.7 Å². The summed E-state index contributed by atoms with van der Waals surface area (Å²) < 4.78 is 0. The Hall–Kier alpha value is -1.52. The summed E-state index contributed by atoms with van der Waals surface area (Å²) in [5.41, 5.74) is 0.696. The Morgan fingerprint density at radius 2 is 2.10 bits per heavy atom. The molecule has 0 radical (unpaired) electrons. The SMILES string of the molecule is O=C(O)C1CCCN(C(=O)/C=C/c2ccc(Cl)cc2Cl)C1. The second-order valence-electron chi connectivity index (χ2n) is 4.96. The van der Waals surface area contributed by atoms with Crippen LogP contribution >= 0.6 is 23.2 Å². The van der Waals surface area contributed by atoms with Crippen LogP contribution in [0.5, 0.6) is 0 Å². The number of hydrogen-bond donors (Lipinski definition) is 1. The summed E-state index contributed by atoms with van der Waals surface area (Å²) >= 11 is 11.8. The van der Waals surface area contributed by atoms with Crippen molar-refractivity contribution >= 4 is 41.2 Å². The molecule has 0 bridgehead atoms. The molecule has 1 unspecified atom stereocenters. The van der Waals surface area contributed by atoms with Gasteiger partial charge in [-0.15, -0.1) is 0 Å². The van der Waals surface area contributed by atoms with Crippen LogP contribution in [0, 0.1) is 5.92 Å². The molecule has 0 aromatic heterocycles. The summed E-state index contributed by atoms with van der Waals surface area (Å²) in [7, 11) is 0. The Morgan fingerprint density at radius 1 is 1.33 bits per heavy atom. The lowest BCUT2D eigenvalue weighted by Gasteiger charge is -2.29. The number of benzene rings is 1. The fourth-order valence-electron chi connectivity index (χ4n) is 2.28. The summed E-state index contributed by atoms with van der Waals surface area (Å²) in [5, 5.41) is 10.0. The lowest BCUT2D eigenvalue weighted by molar-refractivity contribution is -0.144. The van der Waals surface area contributed by atoms with Crippen LogP contribution in [0.1, 0.15) is 18.4 Å². The van der Waals surface area contributed by atoms with Gasteiger partial charge in [-0.05, 0) is 36.6 Å². The number of carboxylic acids is 1. The monoisotopic (exact) mass is 327 g/mol. The number of carbonyl (C=O) groups is 2. The highest BCUT2D eigenvalue weighted by molar-refractivity contribution is 6.35. The second-order valence-corrected chi connectivity index (χ2v) is 5.80. The summed E-state index contributed by atoms with van der Waals surface area (Å²) in [6.07, 6.45) is 4.36. The number of piperidine rings is 1. The summed E-state index contributed by atoms with van der Waals surface area (Å²) in [6.45, 7) is 0.841. The van der Waals surface area contributed by atoms with Gasteiger partial charge in [-0.2, -0.15) is 0 Å². The largest absolute Gasteiger partial charge is 0.481 e. The van der Waals surface area contributed by atoms with Crippen LogP contribution in [0.25, 0.3) is 6.08 Å². The van der Waals surface area contributed by atoms with E-state index < -0.39 is 11.9 Å². The molecule has 0 saturated carbocycles. The molecule has 1 aromatic carbocycles. The molecule has 1 atom stereocenters. The van der Waals surface area contributed by atoms with E-state index in [4.69, 9.17) is 28.3 Å². The van der Waals surface area contributed by atoms with Crippen LogP contribution in [0.3, 0.4) is 0 Å². The van der Waals surface area contributed by atoms with Crippen LogP contribution in [-0.4, -0.2) is 35.0 Å². The molecule has 0 spiro atoms. The Kier molecular flexibility index (Phi) is 5.26. The molecule has 4 nitrogen and oxygen atoms in total. The van der Waals surface area contributed by atoms with Crippen molar-refractivity contribution in [2.45, 2.75) is 12.8 Å². The van der Waals surface area contributed by atoms with Crippen LogP contribution in [0.4, 0.5) is 0 Å². The van der Waals surface area contributed by atoms with E-state index in [0.29, 0.717) is 35.0 Å². The fourth-order valence-corrected chi connectivity index (χ4v) is 2.75. The van der Waals surface area contributed by atoms with E-state index in [-0.39, 0.29) is 12.5 Å². The molecule has 1 aliphatic heterocycles. The highest BCUT2D eigenvalue weighted by atomic mass is 35.5. The normalized spacial score (nSPS) is 19.0. The summed E-state index contributed by atoms with van der Waals surface area (Å²) in [5.74, 6) is -1.53. The smallest absolute Gasteiger partial charge is 0.308 e. The molecule has 1 saturated heterocycles. The van der Waals surface area contributed by atoms with E-state index in [1.165, 1.54) is 6.08 Å². The Balaban J connectivity index is 2.03. The number of rotatable bonds is 3. The van der Waals surface area contributed by atoms with Crippen LogP contribution in [-0.2, 0) is 9.59 Å². The highest BCUT2D eigenvalue weighted by Gasteiger charge is 2.27. The Morgan fingerprint density at radius 3 is 2.76 bits per heavy atom. The average molecular weight is 328 g/mol. The first-order valence-corrected chi connectivity index (χ1v) is 7.38. The molecular weight excluding hydrogens is 313 g/mol. The zero-order chi connectivity index (χ0) is 15.4. The number of carboxylic acid groups (broad SMARTS) is 1. The summed E-state index contributed by atoms with van der Waals surface area (Å²) in [6, 6.07) is 5.03. The number of aliphatic carboxylic acids is 1. The van der Waals surface area contributed by atoms with E-state index >= 15 is 0 Å². The van der Waals surface area contributed by atoms with Gasteiger partial charge in [-0.3, -0.25) is 9.59 Å². The molecule has 1 N–H and O–H groups in total. The summed E-state index contributed by atoms with van der Waals surface area (Å²) in [4.78, 5) is 24.6. The third-order valence-corrected chi connectivity index (χ3v) is 4.01. The predicted molar refractivity (Wildman–Crippen MR) is 82.4 cm³/mol. The molecule has 1 aromatic rings. The molecule has 112 valence electrons. The fraction of sp³-hybridized carbons (Fsp3) is 0.333. The molecule has 21 heavy (non-hydrogen) atoms. The first kappa shape index (κ1) is 15.9. The number of likely N-dealkylation sites (tertiary alicyclic amines) is 1. The van der Waals surface area contributed by atoms with Gasteiger partial charge in [-0.1, -0.05) is 29.3 Å². The number of hydrogen-bond acceptors (Lipinski definition) is 2. The van der Waals surface area contributed by atoms with E-state index in [2.05, 4.69) is 0 Å². The van der Waals surface area contributed by atoms with Crippen LogP contribution < -0.4 is 0 Å². The van der Waals surface area contributed by atoms with Crippen molar-refractivity contribution in [3.05, 3.63) is 39.9 Å². The third-order valence-electron chi connectivity index (χ3n) is 3.45. The predicted octanol–water partition coefficient (Wildman–Crippen LogP) is 3.33. The van der Waals surface area contributed by atoms with E-state index in [1.54, 1.807) is 29.2 Å². The van der Waals surface area contributed by atoms with E-state index in [9.17, 15) is 9.59 Å². The topological polar surface area (TPSA) is 57.6 Å². The average Bonchev–Trinajstić information content (AvgIpc) is 2.46. The maximum atomic E-state index is 12.1. The van der Waals surface area contributed by atoms with Gasteiger partial charge in [-0.25, -0.2) is 0 Å². The highest BCUT2D eigenvalue weighted by Crippen LogP contribution is 2.22. The molecule has 1 aliphatic rings. The first-order chi connectivity index (χ1) is 9.97. The number of halogens is 2. The second kappa shape index (κ2) is 6.96. The third kappa shape index (κ3) is 4.22. The molecule has 0 aliphatic carbocycles. The van der Waals surface area contributed by atoms with Gasteiger partial charge in [0.1, 0.15) is 0 Å². The van der Waals surface area contributed by atoms with Crippen molar-refractivity contribution in [1.82, 2.24) is 4.90 Å². The van der Waals surface area contributed by atoms with Gasteiger partial charge in [0.05, 0.1) is 5.92 Å². The Labute approximate surface area is 133 Å². The van der Waals surface area contributed by atoms with Gasteiger partial charge in [0.15, 0.2) is 0 Å². The van der Waals surface area contributed by atoms with Crippen LogP contribution in [0.15, 0.2) is 24.3 Å².